The van der Waals surface area contributed by atoms with Gasteiger partial charge in [0, 0.05) is 0 Å². The molecule has 2 N–H and O–H groups in total. The van der Waals surface area contributed by atoms with E-state index in [0.717, 1.165) is 21.9 Å². The zero-order valence-electron chi connectivity index (χ0n) is 11.3. The van der Waals surface area contributed by atoms with Crippen LogP contribution >= 0.6 is 23.1 Å². The molecule has 6 nitrogen and oxygen atoms in total. The number of carbonyl (C=O) groups is 1. The number of fused-ring (bicyclic) bond motifs is 1. The Hall–Kier alpha value is -1.41. The summed E-state index contributed by atoms with van der Waals surface area (Å²) in [5.74, 6) is -0.309. The van der Waals surface area contributed by atoms with Gasteiger partial charge in [-0.3, -0.25) is 0 Å². The number of thioether (sulfide) groups is 1. The summed E-state index contributed by atoms with van der Waals surface area (Å²) < 4.78 is 1.70. The number of aromatic nitrogens is 3. The fourth-order valence-corrected chi connectivity index (χ4v) is 3.22. The zero-order valence-corrected chi connectivity index (χ0v) is 12.9. The molecule has 2 aromatic rings. The summed E-state index contributed by atoms with van der Waals surface area (Å²) in [6.07, 6.45) is 5.75. The first-order chi connectivity index (χ1) is 9.65. The molecular weight excluding hydrogens is 296 g/mol. The van der Waals surface area contributed by atoms with Gasteiger partial charge in [-0.2, -0.15) is 0 Å². The minimum atomic E-state index is -0.861. The van der Waals surface area contributed by atoms with Crippen LogP contribution in [0.25, 0.3) is 10.3 Å². The molecule has 0 spiro atoms. The monoisotopic (exact) mass is 312 g/mol. The quantitative estimate of drug-likeness (QED) is 0.760. The molecular formula is C12H16N4O2S2. The van der Waals surface area contributed by atoms with Crippen molar-refractivity contribution >= 4 is 45.2 Å². The van der Waals surface area contributed by atoms with Gasteiger partial charge in [0.25, 0.3) is 0 Å². The summed E-state index contributed by atoms with van der Waals surface area (Å²) in [6, 6.07) is -0.632. The van der Waals surface area contributed by atoms with Crippen LogP contribution in [0.4, 0.5) is 5.82 Å². The minimum absolute atomic E-state index is 0.552. The highest BCUT2D eigenvalue weighted by molar-refractivity contribution is 8.00. The number of carboxylic acid groups (broad SMARTS) is 1. The third-order valence-electron chi connectivity index (χ3n) is 2.80. The highest BCUT2D eigenvalue weighted by atomic mass is 32.2. The number of aliphatic carboxylic acids is 1. The number of thiazole rings is 1. The van der Waals surface area contributed by atoms with Crippen molar-refractivity contribution in [2.75, 3.05) is 11.6 Å². The van der Waals surface area contributed by atoms with Crippen LogP contribution in [0.15, 0.2) is 10.7 Å². The molecule has 0 saturated carbocycles. The molecule has 1 unspecified atom stereocenters. The van der Waals surface area contributed by atoms with E-state index in [2.05, 4.69) is 20.3 Å². The van der Waals surface area contributed by atoms with Crippen molar-refractivity contribution in [1.29, 1.82) is 0 Å². The van der Waals surface area contributed by atoms with Gasteiger partial charge >= 0.3 is 5.97 Å². The second-order valence-electron chi connectivity index (χ2n) is 4.24. The molecule has 0 radical (unpaired) electrons. The van der Waals surface area contributed by atoms with Crippen LogP contribution < -0.4 is 5.32 Å². The highest BCUT2D eigenvalue weighted by Crippen LogP contribution is 2.31. The molecule has 0 bridgehead atoms. The van der Waals surface area contributed by atoms with Crippen LogP contribution in [0.2, 0.25) is 0 Å². The van der Waals surface area contributed by atoms with Crippen LogP contribution in [-0.2, 0) is 4.79 Å². The van der Waals surface area contributed by atoms with Crippen molar-refractivity contribution in [2.24, 2.45) is 0 Å². The van der Waals surface area contributed by atoms with Gasteiger partial charge in [0.05, 0.1) is 0 Å². The molecule has 0 fully saturated rings. The van der Waals surface area contributed by atoms with E-state index in [1.807, 2.05) is 13.2 Å². The smallest absolute Gasteiger partial charge is 0.326 e. The summed E-state index contributed by atoms with van der Waals surface area (Å²) in [6.45, 7) is 2.04. The van der Waals surface area contributed by atoms with Crippen LogP contribution in [0, 0.1) is 0 Å². The molecule has 8 heteroatoms. The number of hydrogen-bond acceptors (Lipinski definition) is 7. The third kappa shape index (κ3) is 3.37. The molecule has 0 aliphatic heterocycles. The molecule has 108 valence electrons. The Morgan fingerprint density at radius 2 is 2.35 bits per heavy atom. The predicted octanol–water partition coefficient (Wildman–Crippen LogP) is 2.86. The second-order valence-corrected chi connectivity index (χ2v) is 6.29. The summed E-state index contributed by atoms with van der Waals surface area (Å²) >= 11 is 3.01. The standard InChI is InChI=1S/C12H16N4O2S2/c1-3-4-5-7(11(17)18)15-9-8-10(14-6-13-9)16-12(19-2)20-8/h6-7H,3-5H2,1-2H3,(H,17,18)(H,13,14,15). The normalized spacial score (nSPS) is 12.5. The average molecular weight is 312 g/mol. The summed E-state index contributed by atoms with van der Waals surface area (Å²) in [7, 11) is 0. The first kappa shape index (κ1) is 15.0. The molecule has 1 atom stereocenters. The Labute approximate surface area is 125 Å². The number of rotatable bonds is 7. The number of carboxylic acids is 1. The molecule has 0 amide bonds. The maximum absolute atomic E-state index is 11.3. The van der Waals surface area contributed by atoms with E-state index in [1.165, 1.54) is 29.4 Å². The van der Waals surface area contributed by atoms with E-state index in [-0.39, 0.29) is 0 Å². The van der Waals surface area contributed by atoms with E-state index in [0.29, 0.717) is 17.9 Å². The van der Waals surface area contributed by atoms with Gasteiger partial charge in [0.2, 0.25) is 0 Å². The van der Waals surface area contributed by atoms with Crippen LogP contribution in [0.3, 0.4) is 0 Å². The van der Waals surface area contributed by atoms with Crippen molar-refractivity contribution in [2.45, 2.75) is 36.6 Å². The van der Waals surface area contributed by atoms with Gasteiger partial charge in [0.15, 0.2) is 9.99 Å². The van der Waals surface area contributed by atoms with Crippen molar-refractivity contribution in [3.63, 3.8) is 0 Å². The maximum Gasteiger partial charge on any atom is 0.326 e. The lowest BCUT2D eigenvalue weighted by molar-refractivity contribution is -0.138. The van der Waals surface area contributed by atoms with Gasteiger partial charge in [-0.05, 0) is 12.7 Å². The van der Waals surface area contributed by atoms with E-state index in [4.69, 9.17) is 0 Å². The number of nitrogens with zero attached hydrogens (tertiary/aromatic N) is 3. The zero-order chi connectivity index (χ0) is 14.5. The van der Waals surface area contributed by atoms with Crippen LogP contribution in [-0.4, -0.2) is 38.3 Å². The first-order valence-electron chi connectivity index (χ1n) is 6.30. The molecule has 0 saturated heterocycles. The van der Waals surface area contributed by atoms with Gasteiger partial charge in [-0.25, -0.2) is 19.7 Å². The van der Waals surface area contributed by atoms with Gasteiger partial charge in [-0.1, -0.05) is 31.5 Å². The lowest BCUT2D eigenvalue weighted by Gasteiger charge is -2.14. The lowest BCUT2D eigenvalue weighted by Crippen LogP contribution is -2.29. The van der Waals surface area contributed by atoms with Crippen LogP contribution in [0.5, 0.6) is 0 Å². The second kappa shape index (κ2) is 6.85. The van der Waals surface area contributed by atoms with Gasteiger partial charge < -0.3 is 10.4 Å². The minimum Gasteiger partial charge on any atom is -0.480 e. The van der Waals surface area contributed by atoms with Crippen molar-refractivity contribution in [3.05, 3.63) is 6.33 Å². The van der Waals surface area contributed by atoms with Crippen molar-refractivity contribution < 1.29 is 9.90 Å². The van der Waals surface area contributed by atoms with Crippen molar-refractivity contribution in [3.8, 4) is 0 Å². The van der Waals surface area contributed by atoms with E-state index < -0.39 is 12.0 Å². The number of anilines is 1. The predicted molar refractivity (Wildman–Crippen MR) is 81.6 cm³/mol. The lowest BCUT2D eigenvalue weighted by atomic mass is 10.1. The Balaban J connectivity index is 2.26. The topological polar surface area (TPSA) is 88.0 Å². The molecule has 2 rings (SSSR count). The van der Waals surface area contributed by atoms with E-state index in [1.54, 1.807) is 0 Å². The number of hydrogen-bond donors (Lipinski definition) is 2. The van der Waals surface area contributed by atoms with Crippen LogP contribution in [0.1, 0.15) is 26.2 Å². The third-order valence-corrected chi connectivity index (χ3v) is 4.84. The highest BCUT2D eigenvalue weighted by Gasteiger charge is 2.19. The molecule has 2 heterocycles. The SMILES string of the molecule is CCCCC(Nc1ncnc2nc(SC)sc12)C(=O)O. The Bertz CT molecular complexity index is 602. The molecule has 0 aliphatic carbocycles. The molecule has 2 aromatic heterocycles. The summed E-state index contributed by atoms with van der Waals surface area (Å²) in [5.41, 5.74) is 0.608. The van der Waals surface area contributed by atoms with Gasteiger partial charge in [0.1, 0.15) is 22.9 Å². The Morgan fingerprint density at radius 3 is 3.00 bits per heavy atom. The average Bonchev–Trinajstić information content (AvgIpc) is 2.87. The van der Waals surface area contributed by atoms with Gasteiger partial charge in [-0.15, -0.1) is 11.3 Å². The molecule has 0 aromatic carbocycles. The fraction of sp³-hybridized carbons (Fsp3) is 0.500. The molecule has 0 aliphatic rings. The molecule has 20 heavy (non-hydrogen) atoms. The summed E-state index contributed by atoms with van der Waals surface area (Å²) in [4.78, 5) is 23.9. The van der Waals surface area contributed by atoms with E-state index >= 15 is 0 Å². The first-order valence-corrected chi connectivity index (χ1v) is 8.34. The number of nitrogens with one attached hydrogen (secondary N) is 1. The number of unbranched alkanes of at least 4 members (excludes halogenated alkanes) is 1. The Morgan fingerprint density at radius 1 is 1.55 bits per heavy atom. The van der Waals surface area contributed by atoms with Crippen molar-refractivity contribution in [1.82, 2.24) is 15.0 Å². The largest absolute Gasteiger partial charge is 0.480 e. The van der Waals surface area contributed by atoms with E-state index in [9.17, 15) is 9.90 Å². The Kier molecular flexibility index (Phi) is 5.13. The summed E-state index contributed by atoms with van der Waals surface area (Å²) in [5, 5.41) is 12.3. The fourth-order valence-electron chi connectivity index (χ4n) is 1.76. The maximum atomic E-state index is 11.3.